The Kier molecular flexibility index (Phi) is 5.82. The summed E-state index contributed by atoms with van der Waals surface area (Å²) in [4.78, 5) is 0. The number of hydrogen-bond acceptors (Lipinski definition) is 0. The Labute approximate surface area is 245 Å². The van der Waals surface area contributed by atoms with E-state index in [1.807, 2.05) is 0 Å². The first kappa shape index (κ1) is 24.5. The predicted molar refractivity (Wildman–Crippen MR) is 171 cm³/mol. The van der Waals surface area contributed by atoms with E-state index in [9.17, 15) is 0 Å². The molecule has 0 fully saturated rings. The van der Waals surface area contributed by atoms with Crippen molar-refractivity contribution in [1.82, 2.24) is 4.57 Å². The maximum atomic E-state index is 4.60. The van der Waals surface area contributed by atoms with Crippen molar-refractivity contribution in [2.24, 2.45) is 0 Å². The van der Waals surface area contributed by atoms with Crippen LogP contribution in [0.25, 0.3) is 55.6 Å². The Balaban J connectivity index is 1.36. The molecule has 0 unspecified atom stereocenters. The molecule has 7 aromatic rings. The summed E-state index contributed by atoms with van der Waals surface area (Å²) in [6.45, 7) is 6.19. The zero-order valence-electron chi connectivity index (χ0n) is 23.4. The Hall–Kier alpha value is -5.28. The number of fused-ring (bicyclic) bond motifs is 9. The summed E-state index contributed by atoms with van der Waals surface area (Å²) < 4.78 is 7.15. The molecular weight excluding hydrogens is 510 g/mol. The maximum Gasteiger partial charge on any atom is 0.213 e. The molecule has 0 saturated heterocycles. The van der Waals surface area contributed by atoms with Crippen molar-refractivity contribution in [3.8, 4) is 28.2 Å². The van der Waals surface area contributed by atoms with Crippen molar-refractivity contribution in [1.29, 1.82) is 0 Å². The van der Waals surface area contributed by atoms with Crippen LogP contribution in [-0.4, -0.2) is 4.57 Å². The van der Waals surface area contributed by atoms with Crippen molar-refractivity contribution in [2.45, 2.75) is 19.5 Å². The average molecular weight is 542 g/mol. The minimum absolute atomic E-state index is 0.707. The zero-order chi connectivity index (χ0) is 28.0. The van der Waals surface area contributed by atoms with Gasteiger partial charge in [-0.2, -0.15) is 9.13 Å². The van der Waals surface area contributed by atoms with E-state index in [2.05, 4.69) is 160 Å². The molecule has 4 aromatic carbocycles. The molecule has 3 aromatic heterocycles. The Morgan fingerprint density at radius 3 is 1.88 bits per heavy atom. The van der Waals surface area contributed by atoms with Crippen molar-refractivity contribution in [2.75, 3.05) is 0 Å². The summed E-state index contributed by atoms with van der Waals surface area (Å²) in [5.74, 6) is 0. The third-order valence-corrected chi connectivity index (χ3v) is 8.66. The smallest absolute Gasteiger partial charge is 0.213 e. The van der Waals surface area contributed by atoms with Crippen molar-refractivity contribution in [3.63, 3.8) is 0 Å². The van der Waals surface area contributed by atoms with Crippen LogP contribution in [0.15, 0.2) is 146 Å². The van der Waals surface area contributed by atoms with Gasteiger partial charge in [0.15, 0.2) is 25.5 Å². The van der Waals surface area contributed by atoms with Crippen LogP contribution in [0.4, 0.5) is 0 Å². The standard InChI is InChI=1S/C39H31N3/c1-28-27-41-24-11-9-17-37(41)35-26-30(42-38-18-6-4-14-33(38)34-15-5-7-19-39(34)42)21-20-29(35)22-25-40-23-10-8-16-36(40)32-13-3-2-12-31(28)32/h2-21,23-24,26H,1,22,25,27H2/q+2. The summed E-state index contributed by atoms with van der Waals surface area (Å²) in [6, 6.07) is 46.1. The molecule has 3 heteroatoms. The van der Waals surface area contributed by atoms with E-state index >= 15 is 0 Å². The normalized spacial score (nSPS) is 13.0. The summed E-state index contributed by atoms with van der Waals surface area (Å²) in [7, 11) is 0. The predicted octanol–water partition coefficient (Wildman–Crippen LogP) is 7.96. The van der Waals surface area contributed by atoms with Gasteiger partial charge in [-0.3, -0.25) is 0 Å². The molecule has 0 amide bonds. The van der Waals surface area contributed by atoms with Crippen LogP contribution in [0.5, 0.6) is 0 Å². The van der Waals surface area contributed by atoms with Crippen LogP contribution < -0.4 is 9.13 Å². The number of aryl methyl sites for hydroxylation is 2. The molecule has 0 N–H and O–H groups in total. The van der Waals surface area contributed by atoms with Gasteiger partial charge in [-0.1, -0.05) is 67.2 Å². The van der Waals surface area contributed by atoms with Crippen molar-refractivity contribution >= 4 is 27.4 Å². The molecule has 4 heterocycles. The van der Waals surface area contributed by atoms with Gasteiger partial charge in [0.1, 0.15) is 0 Å². The molecule has 3 nitrogen and oxygen atoms in total. The molecule has 200 valence electrons. The molecular formula is C39H31N3+2. The third kappa shape index (κ3) is 3.97. The van der Waals surface area contributed by atoms with Gasteiger partial charge in [0, 0.05) is 52.7 Å². The van der Waals surface area contributed by atoms with E-state index in [-0.39, 0.29) is 0 Å². The fourth-order valence-corrected chi connectivity index (χ4v) is 6.68. The minimum atomic E-state index is 0.707. The van der Waals surface area contributed by atoms with Crippen LogP contribution in [-0.2, 0) is 19.5 Å². The zero-order valence-corrected chi connectivity index (χ0v) is 23.4. The van der Waals surface area contributed by atoms with Gasteiger partial charge in [0.05, 0.1) is 22.2 Å². The summed E-state index contributed by atoms with van der Waals surface area (Å²) in [5.41, 5.74) is 12.2. The van der Waals surface area contributed by atoms with Crippen LogP contribution in [0, 0.1) is 0 Å². The van der Waals surface area contributed by atoms with Gasteiger partial charge >= 0.3 is 0 Å². The average Bonchev–Trinajstić information content (AvgIpc) is 3.38. The van der Waals surface area contributed by atoms with E-state index in [1.165, 1.54) is 61.1 Å². The molecule has 1 aliphatic heterocycles. The molecule has 8 rings (SSSR count). The number of benzene rings is 4. The highest BCUT2D eigenvalue weighted by Crippen LogP contribution is 2.34. The fourth-order valence-electron chi connectivity index (χ4n) is 6.68. The molecule has 0 bridgehead atoms. The van der Waals surface area contributed by atoms with E-state index in [4.69, 9.17) is 0 Å². The number of hydrogen-bond donors (Lipinski definition) is 0. The molecule has 42 heavy (non-hydrogen) atoms. The number of allylic oxidation sites excluding steroid dienone is 1. The highest BCUT2D eigenvalue weighted by molar-refractivity contribution is 6.09. The third-order valence-electron chi connectivity index (χ3n) is 8.66. The topological polar surface area (TPSA) is 12.7 Å². The molecule has 0 aliphatic carbocycles. The summed E-state index contributed by atoms with van der Waals surface area (Å²) in [6.07, 6.45) is 5.31. The van der Waals surface area contributed by atoms with Gasteiger partial charge in [0.2, 0.25) is 11.4 Å². The van der Waals surface area contributed by atoms with E-state index in [1.54, 1.807) is 0 Å². The second kappa shape index (κ2) is 9.97. The molecule has 0 radical (unpaired) electrons. The summed E-state index contributed by atoms with van der Waals surface area (Å²) in [5, 5.41) is 2.55. The lowest BCUT2D eigenvalue weighted by Crippen LogP contribution is -2.39. The monoisotopic (exact) mass is 541 g/mol. The largest absolute Gasteiger partial charge is 0.309 e. The van der Waals surface area contributed by atoms with Gasteiger partial charge in [0.25, 0.3) is 0 Å². The lowest BCUT2D eigenvalue weighted by atomic mass is 9.95. The first-order valence-electron chi connectivity index (χ1n) is 14.6. The molecule has 0 spiro atoms. The van der Waals surface area contributed by atoms with E-state index in [0.29, 0.717) is 6.54 Å². The number of nitrogens with zero attached hydrogens (tertiary/aromatic N) is 3. The first-order valence-corrected chi connectivity index (χ1v) is 14.6. The van der Waals surface area contributed by atoms with Crippen LogP contribution in [0.3, 0.4) is 0 Å². The number of aromatic nitrogens is 3. The van der Waals surface area contributed by atoms with Gasteiger partial charge in [-0.25, -0.2) is 0 Å². The fraction of sp³-hybridized carbons (Fsp3) is 0.0769. The maximum absolute atomic E-state index is 4.60. The quantitative estimate of drug-likeness (QED) is 0.187. The van der Waals surface area contributed by atoms with Gasteiger partial charge < -0.3 is 4.57 Å². The van der Waals surface area contributed by atoms with Crippen LogP contribution >= 0.6 is 0 Å². The highest BCUT2D eigenvalue weighted by Gasteiger charge is 2.24. The molecule has 0 atom stereocenters. The van der Waals surface area contributed by atoms with Gasteiger partial charge in [-0.05, 0) is 53.6 Å². The number of pyridine rings is 2. The SMILES string of the molecule is C=C1C[n+]2ccccc2-c2cc(-n3c4ccccc4c4ccccc43)ccc2CC[n+]2ccccc2-c2ccccc21. The van der Waals surface area contributed by atoms with Crippen LogP contribution in [0.2, 0.25) is 0 Å². The van der Waals surface area contributed by atoms with Crippen molar-refractivity contribution in [3.05, 3.63) is 157 Å². The Morgan fingerprint density at radius 2 is 1.14 bits per heavy atom. The second-order valence-electron chi connectivity index (χ2n) is 11.1. The van der Waals surface area contributed by atoms with E-state index in [0.717, 1.165) is 18.5 Å². The lowest BCUT2D eigenvalue weighted by molar-refractivity contribution is -0.685. The Bertz CT molecular complexity index is 2100. The highest BCUT2D eigenvalue weighted by atomic mass is 15.0. The second-order valence-corrected chi connectivity index (χ2v) is 11.1. The lowest BCUT2D eigenvalue weighted by Gasteiger charge is -2.16. The van der Waals surface area contributed by atoms with Crippen molar-refractivity contribution < 1.29 is 9.13 Å². The first-order chi connectivity index (χ1) is 20.8. The van der Waals surface area contributed by atoms with Crippen LogP contribution in [0.1, 0.15) is 11.1 Å². The Morgan fingerprint density at radius 1 is 0.548 bits per heavy atom. The summed E-state index contributed by atoms with van der Waals surface area (Å²) >= 11 is 0. The van der Waals surface area contributed by atoms with E-state index < -0.39 is 0 Å². The number of rotatable bonds is 1. The molecule has 0 saturated carbocycles. The van der Waals surface area contributed by atoms with Gasteiger partial charge in [-0.15, -0.1) is 0 Å². The molecule has 1 aliphatic rings. The number of para-hydroxylation sites is 2. The minimum Gasteiger partial charge on any atom is -0.309 e.